The molecule has 0 amide bonds. The number of rotatable bonds is 4. The van der Waals surface area contributed by atoms with Gasteiger partial charge in [-0.05, 0) is 58.9 Å². The van der Waals surface area contributed by atoms with Crippen LogP contribution < -0.4 is 4.74 Å². The maximum absolute atomic E-state index is 13.3. The van der Waals surface area contributed by atoms with E-state index >= 15 is 0 Å². The molecule has 152 valence electrons. The van der Waals surface area contributed by atoms with Crippen molar-refractivity contribution in [1.29, 1.82) is 0 Å². The predicted molar refractivity (Wildman–Crippen MR) is 110 cm³/mol. The second-order valence-electron chi connectivity index (χ2n) is 7.88. The zero-order chi connectivity index (χ0) is 21.4. The highest BCUT2D eigenvalue weighted by Crippen LogP contribution is 2.36. The summed E-state index contributed by atoms with van der Waals surface area (Å²) >= 11 is 0. The minimum atomic E-state index is -3.94. The Bertz CT molecular complexity index is 1160. The van der Waals surface area contributed by atoms with E-state index in [0.29, 0.717) is 5.56 Å². The van der Waals surface area contributed by atoms with E-state index in [4.69, 9.17) is 4.74 Å². The minimum absolute atomic E-state index is 0.0784. The standard InChI is InChI=1S/C22H24N2O4S/c1-15-10-9-11-17(14-15)21(25)28-20-19(16(2)23-24(20)22(3,4)5)29(26,27)18-12-7-6-8-13-18/h6-14H,1-5H3. The summed E-state index contributed by atoms with van der Waals surface area (Å²) in [5, 5.41) is 4.40. The van der Waals surface area contributed by atoms with Gasteiger partial charge >= 0.3 is 5.97 Å². The molecule has 0 aliphatic carbocycles. The number of carbonyl (C=O) groups excluding carboxylic acids is 1. The van der Waals surface area contributed by atoms with E-state index in [-0.39, 0.29) is 21.4 Å². The van der Waals surface area contributed by atoms with Gasteiger partial charge in [0.25, 0.3) is 0 Å². The highest BCUT2D eigenvalue weighted by molar-refractivity contribution is 7.91. The van der Waals surface area contributed by atoms with Crippen molar-refractivity contribution in [3.63, 3.8) is 0 Å². The maximum atomic E-state index is 13.3. The average molecular weight is 413 g/mol. The molecule has 0 spiro atoms. The lowest BCUT2D eigenvalue weighted by Crippen LogP contribution is -2.26. The predicted octanol–water partition coefficient (Wildman–Crippen LogP) is 4.31. The van der Waals surface area contributed by atoms with Gasteiger partial charge in [-0.3, -0.25) is 0 Å². The molecule has 0 unspecified atom stereocenters. The third kappa shape index (κ3) is 4.10. The lowest BCUT2D eigenvalue weighted by molar-refractivity contribution is 0.0703. The van der Waals surface area contributed by atoms with Crippen LogP contribution in [0.25, 0.3) is 0 Å². The van der Waals surface area contributed by atoms with Crippen molar-refractivity contribution in [2.75, 3.05) is 0 Å². The number of aromatic nitrogens is 2. The third-order valence-electron chi connectivity index (χ3n) is 4.37. The Kier molecular flexibility index (Phi) is 5.36. The van der Waals surface area contributed by atoms with Crippen LogP contribution in [0.5, 0.6) is 5.88 Å². The summed E-state index contributed by atoms with van der Waals surface area (Å²) in [6, 6.07) is 15.0. The lowest BCUT2D eigenvalue weighted by atomic mass is 10.1. The molecule has 29 heavy (non-hydrogen) atoms. The van der Waals surface area contributed by atoms with Gasteiger partial charge < -0.3 is 4.74 Å². The fraction of sp³-hybridized carbons (Fsp3) is 0.273. The van der Waals surface area contributed by atoms with Crippen molar-refractivity contribution in [3.8, 4) is 5.88 Å². The number of benzene rings is 2. The fourth-order valence-corrected chi connectivity index (χ4v) is 4.52. The summed E-state index contributed by atoms with van der Waals surface area (Å²) in [6.45, 7) is 9.06. The normalized spacial score (nSPS) is 12.0. The van der Waals surface area contributed by atoms with Gasteiger partial charge in [0.05, 0.1) is 21.7 Å². The summed E-state index contributed by atoms with van der Waals surface area (Å²) in [4.78, 5) is 12.8. The van der Waals surface area contributed by atoms with Crippen LogP contribution in [0.1, 0.15) is 42.4 Å². The Balaban J connectivity index is 2.18. The molecule has 0 saturated heterocycles. The van der Waals surface area contributed by atoms with Crippen LogP contribution in [0.3, 0.4) is 0 Å². The molecule has 0 atom stereocenters. The molecule has 2 aromatic carbocycles. The average Bonchev–Trinajstić information content (AvgIpc) is 2.99. The van der Waals surface area contributed by atoms with E-state index in [2.05, 4.69) is 5.10 Å². The molecule has 6 nitrogen and oxygen atoms in total. The summed E-state index contributed by atoms with van der Waals surface area (Å²) in [5.41, 5.74) is 0.914. The zero-order valence-electron chi connectivity index (χ0n) is 17.1. The largest absolute Gasteiger partial charge is 0.403 e. The van der Waals surface area contributed by atoms with Crippen LogP contribution >= 0.6 is 0 Å². The van der Waals surface area contributed by atoms with E-state index in [1.807, 2.05) is 33.8 Å². The van der Waals surface area contributed by atoms with E-state index < -0.39 is 21.3 Å². The van der Waals surface area contributed by atoms with Crippen LogP contribution in [-0.2, 0) is 15.4 Å². The molecule has 0 aliphatic heterocycles. The molecular formula is C22H24N2O4S. The summed E-state index contributed by atoms with van der Waals surface area (Å²) in [5.74, 6) is -0.714. The fourth-order valence-electron chi connectivity index (χ4n) is 2.98. The van der Waals surface area contributed by atoms with Gasteiger partial charge in [-0.1, -0.05) is 35.9 Å². The van der Waals surface area contributed by atoms with Crippen molar-refractivity contribution in [3.05, 3.63) is 71.4 Å². The molecular weight excluding hydrogens is 388 g/mol. The second kappa shape index (κ2) is 7.48. The molecule has 0 N–H and O–H groups in total. The van der Waals surface area contributed by atoms with E-state index in [1.54, 1.807) is 43.3 Å². The monoisotopic (exact) mass is 412 g/mol. The van der Waals surface area contributed by atoms with Gasteiger partial charge in [-0.25, -0.2) is 17.9 Å². The quantitative estimate of drug-likeness (QED) is 0.597. The first-order valence-corrected chi connectivity index (χ1v) is 10.7. The first kappa shape index (κ1) is 20.8. The highest BCUT2D eigenvalue weighted by atomic mass is 32.2. The zero-order valence-corrected chi connectivity index (χ0v) is 17.9. The number of sulfone groups is 1. The minimum Gasteiger partial charge on any atom is -0.403 e. The smallest absolute Gasteiger partial charge is 0.344 e. The molecule has 3 aromatic rings. The number of ether oxygens (including phenoxy) is 1. The molecule has 1 aromatic heterocycles. The van der Waals surface area contributed by atoms with Crippen LogP contribution in [0, 0.1) is 13.8 Å². The van der Waals surface area contributed by atoms with Gasteiger partial charge in [0.15, 0.2) is 4.90 Å². The number of esters is 1. The lowest BCUT2D eigenvalue weighted by Gasteiger charge is -2.22. The molecule has 0 radical (unpaired) electrons. The van der Waals surface area contributed by atoms with Gasteiger partial charge in [-0.15, -0.1) is 0 Å². The highest BCUT2D eigenvalue weighted by Gasteiger charge is 2.34. The molecule has 0 aliphatic rings. The van der Waals surface area contributed by atoms with Crippen molar-refractivity contribution >= 4 is 15.8 Å². The summed E-state index contributed by atoms with van der Waals surface area (Å²) < 4.78 is 33.8. The van der Waals surface area contributed by atoms with Crippen molar-refractivity contribution in [2.45, 2.75) is 49.9 Å². The molecule has 0 fully saturated rings. The van der Waals surface area contributed by atoms with E-state index in [0.717, 1.165) is 5.56 Å². The van der Waals surface area contributed by atoms with Gasteiger partial charge in [0, 0.05) is 0 Å². The molecule has 3 rings (SSSR count). The van der Waals surface area contributed by atoms with Crippen molar-refractivity contribution < 1.29 is 17.9 Å². The molecule has 7 heteroatoms. The number of aryl methyl sites for hydroxylation is 2. The Labute approximate surface area is 171 Å². The van der Waals surface area contributed by atoms with Gasteiger partial charge in [-0.2, -0.15) is 5.10 Å². The Morgan fingerprint density at radius 1 is 1.00 bits per heavy atom. The summed E-state index contributed by atoms with van der Waals surface area (Å²) in [6.07, 6.45) is 0. The second-order valence-corrected chi connectivity index (χ2v) is 9.76. The topological polar surface area (TPSA) is 78.3 Å². The van der Waals surface area contributed by atoms with Crippen molar-refractivity contribution in [2.24, 2.45) is 0 Å². The Morgan fingerprint density at radius 3 is 2.24 bits per heavy atom. The first-order chi connectivity index (χ1) is 13.5. The Hall–Kier alpha value is -2.93. The van der Waals surface area contributed by atoms with Crippen LogP contribution in [0.15, 0.2) is 64.4 Å². The number of hydrogen-bond donors (Lipinski definition) is 0. The molecule has 0 saturated carbocycles. The molecule has 0 bridgehead atoms. The van der Waals surface area contributed by atoms with Crippen LogP contribution in [0.2, 0.25) is 0 Å². The number of carbonyl (C=O) groups is 1. The third-order valence-corrected chi connectivity index (χ3v) is 6.27. The first-order valence-electron chi connectivity index (χ1n) is 9.21. The molecule has 1 heterocycles. The van der Waals surface area contributed by atoms with E-state index in [9.17, 15) is 13.2 Å². The SMILES string of the molecule is Cc1cccc(C(=O)Oc2c(S(=O)(=O)c3ccccc3)c(C)nn2C(C)(C)C)c1. The Morgan fingerprint density at radius 2 is 1.66 bits per heavy atom. The van der Waals surface area contributed by atoms with Crippen LogP contribution in [-0.4, -0.2) is 24.2 Å². The van der Waals surface area contributed by atoms with Crippen LogP contribution in [0.4, 0.5) is 0 Å². The van der Waals surface area contributed by atoms with Gasteiger partial charge in [0.1, 0.15) is 0 Å². The summed E-state index contributed by atoms with van der Waals surface area (Å²) in [7, 11) is -3.94. The number of hydrogen-bond acceptors (Lipinski definition) is 5. The van der Waals surface area contributed by atoms with Crippen molar-refractivity contribution in [1.82, 2.24) is 9.78 Å². The van der Waals surface area contributed by atoms with E-state index in [1.165, 1.54) is 16.8 Å². The maximum Gasteiger partial charge on any atom is 0.344 e. The number of nitrogens with zero attached hydrogens (tertiary/aromatic N) is 2. The van der Waals surface area contributed by atoms with Gasteiger partial charge in [0.2, 0.25) is 15.7 Å².